The summed E-state index contributed by atoms with van der Waals surface area (Å²) in [7, 11) is 1.58. The minimum atomic E-state index is -0.821. The first-order chi connectivity index (χ1) is 21.7. The van der Waals surface area contributed by atoms with E-state index in [0.717, 1.165) is 17.3 Å². The maximum absolute atomic E-state index is 13.8. The van der Waals surface area contributed by atoms with Crippen molar-refractivity contribution in [1.82, 2.24) is 26.3 Å². The van der Waals surface area contributed by atoms with Crippen LogP contribution in [-0.4, -0.2) is 55.0 Å². The molecule has 2 heterocycles. The number of methoxy groups -OCH3 is 1. The van der Waals surface area contributed by atoms with E-state index in [-0.39, 0.29) is 29.7 Å². The van der Waals surface area contributed by atoms with Gasteiger partial charge in [-0.05, 0) is 75.3 Å². The minimum absolute atomic E-state index is 0.0504. The van der Waals surface area contributed by atoms with Crippen LogP contribution in [0.15, 0.2) is 54.6 Å². The number of H-pyrrole nitrogens is 1. The fourth-order valence-electron chi connectivity index (χ4n) is 6.01. The Morgan fingerprint density at radius 2 is 1.87 bits per heavy atom. The summed E-state index contributed by atoms with van der Waals surface area (Å²) in [5.74, 6) is -0.820. The predicted molar refractivity (Wildman–Crippen MR) is 174 cm³/mol. The highest BCUT2D eigenvalue weighted by molar-refractivity contribution is 6.01. The number of rotatable bonds is 16. The zero-order valence-corrected chi connectivity index (χ0v) is 26.7. The molecule has 1 unspecified atom stereocenters. The molecule has 3 amide bonds. The van der Waals surface area contributed by atoms with E-state index >= 15 is 0 Å². The lowest BCUT2D eigenvalue weighted by Gasteiger charge is -2.28. The van der Waals surface area contributed by atoms with Crippen LogP contribution in [0.5, 0.6) is 5.75 Å². The van der Waals surface area contributed by atoms with E-state index in [1.807, 2.05) is 50.2 Å². The van der Waals surface area contributed by atoms with Gasteiger partial charge in [-0.3, -0.25) is 14.4 Å². The van der Waals surface area contributed by atoms with Gasteiger partial charge >= 0.3 is 0 Å². The van der Waals surface area contributed by atoms with Gasteiger partial charge in [0, 0.05) is 35.4 Å². The summed E-state index contributed by atoms with van der Waals surface area (Å²) in [5, 5.41) is 23.4. The van der Waals surface area contributed by atoms with Crippen molar-refractivity contribution in [3.05, 3.63) is 65.9 Å². The van der Waals surface area contributed by atoms with E-state index < -0.39 is 23.9 Å². The number of amides is 3. The molecule has 0 saturated carbocycles. The molecule has 1 saturated heterocycles. The quantitative estimate of drug-likeness (QED) is 0.149. The Morgan fingerprint density at radius 3 is 2.53 bits per heavy atom. The van der Waals surface area contributed by atoms with Crippen molar-refractivity contribution < 1.29 is 19.1 Å². The zero-order valence-electron chi connectivity index (χ0n) is 26.7. The second-order valence-electron chi connectivity index (χ2n) is 12.4. The van der Waals surface area contributed by atoms with Crippen molar-refractivity contribution >= 4 is 28.6 Å². The van der Waals surface area contributed by atoms with E-state index in [9.17, 15) is 19.6 Å². The number of nitriles is 1. The normalized spacial score (nSPS) is 17.2. The molecule has 1 aliphatic heterocycles. The van der Waals surface area contributed by atoms with Gasteiger partial charge in [-0.25, -0.2) is 0 Å². The van der Waals surface area contributed by atoms with E-state index in [2.05, 4.69) is 51.4 Å². The Morgan fingerprint density at radius 1 is 1.09 bits per heavy atom. The molecule has 5 atom stereocenters. The number of aromatic nitrogens is 1. The van der Waals surface area contributed by atoms with Crippen molar-refractivity contribution in [3.8, 4) is 11.8 Å². The second-order valence-corrected chi connectivity index (χ2v) is 12.4. The smallest absolute Gasteiger partial charge is 0.268 e. The maximum atomic E-state index is 13.8. The first kappa shape index (κ1) is 33.5. The highest BCUT2D eigenvalue weighted by Crippen LogP contribution is 2.27. The number of benzene rings is 2. The number of ether oxygens (including phenoxy) is 1. The van der Waals surface area contributed by atoms with Crippen LogP contribution < -0.4 is 26.0 Å². The summed E-state index contributed by atoms with van der Waals surface area (Å²) in [6.07, 6.45) is 2.73. The maximum Gasteiger partial charge on any atom is 0.268 e. The summed E-state index contributed by atoms with van der Waals surface area (Å²) < 4.78 is 5.42. The lowest BCUT2D eigenvalue weighted by atomic mass is 9.87. The van der Waals surface area contributed by atoms with Gasteiger partial charge in [0.05, 0.1) is 19.1 Å². The molecule has 0 radical (unpaired) electrons. The molecule has 240 valence electrons. The Kier molecular flexibility index (Phi) is 12.0. The van der Waals surface area contributed by atoms with Crippen LogP contribution >= 0.6 is 0 Å². The van der Waals surface area contributed by atoms with Crippen LogP contribution in [0, 0.1) is 29.1 Å². The molecule has 1 aromatic heterocycles. The highest BCUT2D eigenvalue weighted by atomic mass is 16.5. The van der Waals surface area contributed by atoms with Gasteiger partial charge in [0.1, 0.15) is 17.5 Å². The van der Waals surface area contributed by atoms with Crippen LogP contribution in [0.1, 0.15) is 75.0 Å². The second kappa shape index (κ2) is 16.1. The first-order valence-corrected chi connectivity index (χ1v) is 15.9. The summed E-state index contributed by atoms with van der Waals surface area (Å²) in [6.45, 7) is 7.38. The molecule has 0 aliphatic carbocycles. The molecule has 1 fully saturated rings. The molecule has 10 nitrogen and oxygen atoms in total. The molecule has 4 rings (SSSR count). The molecular weight excluding hydrogens is 568 g/mol. The molecular formula is C35H46N6O4. The van der Waals surface area contributed by atoms with Gasteiger partial charge < -0.3 is 31.0 Å². The lowest BCUT2D eigenvalue weighted by molar-refractivity contribution is -0.126. The van der Waals surface area contributed by atoms with Crippen LogP contribution in [0.2, 0.25) is 0 Å². The van der Waals surface area contributed by atoms with E-state index in [1.165, 1.54) is 5.56 Å². The number of carbonyl (C=O) groups excluding carboxylic acids is 3. The van der Waals surface area contributed by atoms with Gasteiger partial charge in [0.2, 0.25) is 11.8 Å². The number of aromatic amines is 1. The zero-order chi connectivity index (χ0) is 32.3. The van der Waals surface area contributed by atoms with Crippen molar-refractivity contribution in [2.24, 2.45) is 17.8 Å². The monoisotopic (exact) mass is 614 g/mol. The molecule has 45 heavy (non-hydrogen) atoms. The standard InChI is InChI=1S/C35H46N6O4/c1-22(2)18-30(41-35(44)31-20-27-28(39-31)13-8-14-32(27)45-4)34(43)40-29(19-25-15-17-38-33(25)42)26(21-36)12-9-16-37-23(3)24-10-6-5-7-11-24/h5-8,10-11,13-14,20,22-23,25-26,29-30,37,39H,9,12,15-19H2,1-4H3,(H,38,42)(H,40,43)(H,41,44)/t23-,25-,26?,29-,30-/m0/s1. The van der Waals surface area contributed by atoms with Gasteiger partial charge in [-0.15, -0.1) is 0 Å². The largest absolute Gasteiger partial charge is 0.496 e. The van der Waals surface area contributed by atoms with Crippen molar-refractivity contribution in [2.45, 2.75) is 71.0 Å². The predicted octanol–water partition coefficient (Wildman–Crippen LogP) is 4.60. The number of nitrogens with one attached hydrogen (secondary N) is 5. The van der Waals surface area contributed by atoms with E-state index in [0.29, 0.717) is 50.2 Å². The van der Waals surface area contributed by atoms with Crippen LogP contribution in [-0.2, 0) is 9.59 Å². The average molecular weight is 615 g/mol. The van der Waals surface area contributed by atoms with Crippen molar-refractivity contribution in [3.63, 3.8) is 0 Å². The SMILES string of the molecule is COc1cccc2[nH]c(C(=O)N[C@@H](CC(C)C)C(=O)N[C@@H](C[C@@H]3CCNC3=O)C(C#N)CCCN[C@@H](C)c3ccccc3)cc12. The van der Waals surface area contributed by atoms with Gasteiger partial charge in [0.15, 0.2) is 0 Å². The summed E-state index contributed by atoms with van der Waals surface area (Å²) in [6, 6.07) is 18.6. The van der Waals surface area contributed by atoms with Crippen LogP contribution in [0.25, 0.3) is 10.9 Å². The van der Waals surface area contributed by atoms with Crippen molar-refractivity contribution in [2.75, 3.05) is 20.2 Å². The van der Waals surface area contributed by atoms with E-state index in [4.69, 9.17) is 4.74 Å². The number of hydrogen-bond donors (Lipinski definition) is 5. The molecule has 0 bridgehead atoms. The topological polar surface area (TPSA) is 148 Å². The summed E-state index contributed by atoms with van der Waals surface area (Å²) in [5.41, 5.74) is 2.27. The molecule has 2 aromatic carbocycles. The van der Waals surface area contributed by atoms with E-state index in [1.54, 1.807) is 13.2 Å². The van der Waals surface area contributed by atoms with Gasteiger partial charge in [-0.1, -0.05) is 50.2 Å². The Labute approximate surface area is 265 Å². The molecule has 1 aliphatic rings. The number of carbonyl (C=O) groups is 3. The van der Waals surface area contributed by atoms with Crippen molar-refractivity contribution in [1.29, 1.82) is 5.26 Å². The molecule has 5 N–H and O–H groups in total. The number of nitrogens with zero attached hydrogens (tertiary/aromatic N) is 1. The third kappa shape index (κ3) is 9.08. The number of fused-ring (bicyclic) bond motifs is 1. The third-order valence-electron chi connectivity index (χ3n) is 8.54. The van der Waals surface area contributed by atoms with Crippen LogP contribution in [0.4, 0.5) is 0 Å². The van der Waals surface area contributed by atoms with Gasteiger partial charge in [0.25, 0.3) is 5.91 Å². The summed E-state index contributed by atoms with van der Waals surface area (Å²) >= 11 is 0. The fourth-order valence-corrected chi connectivity index (χ4v) is 6.01. The van der Waals surface area contributed by atoms with Crippen LogP contribution in [0.3, 0.4) is 0 Å². The Bertz CT molecular complexity index is 1480. The number of hydrogen-bond acceptors (Lipinski definition) is 6. The molecule has 10 heteroatoms. The summed E-state index contributed by atoms with van der Waals surface area (Å²) in [4.78, 5) is 42.8. The fraction of sp³-hybridized carbons (Fsp3) is 0.486. The molecule has 3 aromatic rings. The minimum Gasteiger partial charge on any atom is -0.496 e. The molecule has 0 spiro atoms. The first-order valence-electron chi connectivity index (χ1n) is 15.9. The Balaban J connectivity index is 1.44. The highest BCUT2D eigenvalue weighted by Gasteiger charge is 2.34. The Hall–Kier alpha value is -4.36. The third-order valence-corrected chi connectivity index (χ3v) is 8.54. The average Bonchev–Trinajstić information content (AvgIpc) is 3.66. The van der Waals surface area contributed by atoms with Gasteiger partial charge in [-0.2, -0.15) is 5.26 Å². The lowest BCUT2D eigenvalue weighted by Crippen LogP contribution is -2.52.